The first-order chi connectivity index (χ1) is 15.6. The van der Waals surface area contributed by atoms with Gasteiger partial charge < -0.3 is 4.74 Å². The van der Waals surface area contributed by atoms with Crippen LogP contribution in [0.2, 0.25) is 5.02 Å². The van der Waals surface area contributed by atoms with Crippen LogP contribution in [0.5, 0.6) is 5.75 Å². The molecule has 0 spiro atoms. The summed E-state index contributed by atoms with van der Waals surface area (Å²) in [5.74, 6) is -0.136. The molecule has 4 rings (SSSR count). The van der Waals surface area contributed by atoms with Crippen LogP contribution in [0.15, 0.2) is 84.0 Å². The Labute approximate surface area is 188 Å². The van der Waals surface area contributed by atoms with Crippen LogP contribution in [0.3, 0.4) is 0 Å². The van der Waals surface area contributed by atoms with E-state index in [1.54, 1.807) is 18.2 Å². The number of hydrogen-bond donors (Lipinski definition) is 2. The molecule has 1 aromatic heterocycles. The lowest BCUT2D eigenvalue weighted by Crippen LogP contribution is -2.17. The minimum Gasteiger partial charge on any atom is -0.489 e. The lowest BCUT2D eigenvalue weighted by atomic mass is 10.1. The molecule has 1 amide bonds. The quantitative estimate of drug-likeness (QED) is 0.301. The van der Waals surface area contributed by atoms with E-state index in [0.717, 1.165) is 11.1 Å². The van der Waals surface area contributed by atoms with Crippen molar-refractivity contribution < 1.29 is 13.9 Å². The summed E-state index contributed by atoms with van der Waals surface area (Å²) < 4.78 is 18.8. The van der Waals surface area contributed by atoms with E-state index in [0.29, 0.717) is 28.6 Å². The molecular formula is C24H18ClFN4O2. The van der Waals surface area contributed by atoms with E-state index in [1.807, 2.05) is 48.5 Å². The molecule has 4 aromatic rings. The average Bonchev–Trinajstić information content (AvgIpc) is 3.31. The summed E-state index contributed by atoms with van der Waals surface area (Å²) in [5.41, 5.74) is 5.57. The number of H-pyrrole nitrogens is 1. The predicted octanol–water partition coefficient (Wildman–Crippen LogP) is 5.21. The van der Waals surface area contributed by atoms with Gasteiger partial charge >= 0.3 is 0 Å². The van der Waals surface area contributed by atoms with Crippen LogP contribution in [-0.2, 0) is 6.61 Å². The van der Waals surface area contributed by atoms with Gasteiger partial charge in [-0.25, -0.2) is 9.82 Å². The minimum absolute atomic E-state index is 0.249. The van der Waals surface area contributed by atoms with Gasteiger partial charge in [0.15, 0.2) is 0 Å². The maximum absolute atomic E-state index is 12.9. The van der Waals surface area contributed by atoms with Gasteiger partial charge in [-0.2, -0.15) is 10.2 Å². The SMILES string of the molecule is O=C(NN=Cc1ccc(F)cc1)c1cc(-c2cccc(OCc3ccccc3Cl)c2)n[nH]1. The van der Waals surface area contributed by atoms with E-state index in [2.05, 4.69) is 20.7 Å². The molecule has 0 atom stereocenters. The van der Waals surface area contributed by atoms with Crippen molar-refractivity contribution in [2.24, 2.45) is 5.10 Å². The summed E-state index contributed by atoms with van der Waals surface area (Å²) in [5, 5.41) is 11.4. The zero-order valence-corrected chi connectivity index (χ0v) is 17.5. The first kappa shape index (κ1) is 21.3. The fraction of sp³-hybridized carbons (Fsp3) is 0.0417. The van der Waals surface area contributed by atoms with E-state index in [1.165, 1.54) is 18.3 Å². The summed E-state index contributed by atoms with van der Waals surface area (Å²) in [7, 11) is 0. The highest BCUT2D eigenvalue weighted by Crippen LogP contribution is 2.24. The number of hydrazone groups is 1. The lowest BCUT2D eigenvalue weighted by Gasteiger charge is -2.08. The van der Waals surface area contributed by atoms with Crippen LogP contribution in [0.25, 0.3) is 11.3 Å². The van der Waals surface area contributed by atoms with Crippen LogP contribution in [0, 0.1) is 5.82 Å². The number of aromatic amines is 1. The second-order valence-electron chi connectivity index (χ2n) is 6.83. The summed E-state index contributed by atoms with van der Waals surface area (Å²) in [6.45, 7) is 0.337. The Morgan fingerprint density at radius 2 is 1.91 bits per heavy atom. The van der Waals surface area contributed by atoms with Gasteiger partial charge in [0.2, 0.25) is 0 Å². The van der Waals surface area contributed by atoms with Crippen molar-refractivity contribution in [1.82, 2.24) is 15.6 Å². The number of ether oxygens (including phenoxy) is 1. The number of hydrogen-bond acceptors (Lipinski definition) is 4. The van der Waals surface area contributed by atoms with Crippen molar-refractivity contribution in [3.05, 3.63) is 107 Å². The number of carbonyl (C=O) groups is 1. The third-order valence-electron chi connectivity index (χ3n) is 4.55. The Kier molecular flexibility index (Phi) is 6.57. The Morgan fingerprint density at radius 1 is 1.09 bits per heavy atom. The van der Waals surface area contributed by atoms with Gasteiger partial charge in [0.1, 0.15) is 23.9 Å². The molecule has 160 valence electrons. The number of nitrogens with one attached hydrogen (secondary N) is 2. The summed E-state index contributed by atoms with van der Waals surface area (Å²) in [6.07, 6.45) is 1.43. The van der Waals surface area contributed by atoms with Crippen LogP contribution in [0.1, 0.15) is 21.6 Å². The molecule has 0 unspecified atom stereocenters. The van der Waals surface area contributed by atoms with E-state index in [9.17, 15) is 9.18 Å². The van der Waals surface area contributed by atoms with Crippen LogP contribution in [0.4, 0.5) is 4.39 Å². The first-order valence-electron chi connectivity index (χ1n) is 9.69. The predicted molar refractivity (Wildman–Crippen MR) is 121 cm³/mol. The largest absolute Gasteiger partial charge is 0.489 e. The van der Waals surface area contributed by atoms with Crippen LogP contribution >= 0.6 is 11.6 Å². The van der Waals surface area contributed by atoms with E-state index < -0.39 is 5.91 Å². The van der Waals surface area contributed by atoms with Gasteiger partial charge in [0.05, 0.1) is 11.9 Å². The van der Waals surface area contributed by atoms with E-state index >= 15 is 0 Å². The van der Waals surface area contributed by atoms with Crippen molar-refractivity contribution >= 4 is 23.7 Å². The van der Waals surface area contributed by atoms with E-state index in [-0.39, 0.29) is 11.5 Å². The second kappa shape index (κ2) is 9.89. The molecule has 2 N–H and O–H groups in total. The van der Waals surface area contributed by atoms with E-state index in [4.69, 9.17) is 16.3 Å². The van der Waals surface area contributed by atoms with Crippen LogP contribution in [-0.4, -0.2) is 22.3 Å². The molecule has 0 aliphatic rings. The third-order valence-corrected chi connectivity index (χ3v) is 4.92. The first-order valence-corrected chi connectivity index (χ1v) is 10.1. The topological polar surface area (TPSA) is 79.4 Å². The van der Waals surface area contributed by atoms with Gasteiger partial charge in [-0.15, -0.1) is 0 Å². The molecule has 0 radical (unpaired) electrons. The van der Waals surface area contributed by atoms with Gasteiger partial charge in [-0.05, 0) is 42.0 Å². The number of aromatic nitrogens is 2. The Morgan fingerprint density at radius 3 is 2.72 bits per heavy atom. The Bertz CT molecular complexity index is 1250. The molecule has 0 aliphatic carbocycles. The standard InChI is InChI=1S/C24H18ClFN4O2/c25-21-7-2-1-4-18(21)15-32-20-6-3-5-17(12-20)22-13-23(29-28-22)24(31)30-27-14-16-8-10-19(26)11-9-16/h1-14H,15H2,(H,28,29)(H,30,31). The molecule has 0 aliphatic heterocycles. The summed E-state index contributed by atoms with van der Waals surface area (Å²) in [4.78, 5) is 12.3. The fourth-order valence-electron chi connectivity index (χ4n) is 2.88. The molecule has 0 saturated heterocycles. The zero-order valence-electron chi connectivity index (χ0n) is 16.8. The minimum atomic E-state index is -0.451. The molecule has 1 heterocycles. The number of rotatable bonds is 7. The number of nitrogens with zero attached hydrogens (tertiary/aromatic N) is 2. The highest BCUT2D eigenvalue weighted by atomic mass is 35.5. The number of amides is 1. The fourth-order valence-corrected chi connectivity index (χ4v) is 3.07. The molecule has 6 nitrogen and oxygen atoms in total. The Hall–Kier alpha value is -3.97. The summed E-state index contributed by atoms with van der Waals surface area (Å²) in [6, 6.07) is 22.2. The van der Waals surface area contributed by atoms with Gasteiger partial charge in [0.25, 0.3) is 5.91 Å². The van der Waals surface area contributed by atoms with Crippen molar-refractivity contribution in [2.75, 3.05) is 0 Å². The third kappa shape index (κ3) is 5.39. The van der Waals surface area contributed by atoms with Crippen molar-refractivity contribution in [1.29, 1.82) is 0 Å². The van der Waals surface area contributed by atoms with Gasteiger partial charge in [-0.1, -0.05) is 54.1 Å². The van der Waals surface area contributed by atoms with Crippen LogP contribution < -0.4 is 10.2 Å². The smallest absolute Gasteiger partial charge is 0.289 e. The number of halogens is 2. The molecule has 32 heavy (non-hydrogen) atoms. The maximum Gasteiger partial charge on any atom is 0.289 e. The van der Waals surface area contributed by atoms with Gasteiger partial charge in [0, 0.05) is 16.1 Å². The highest BCUT2D eigenvalue weighted by Gasteiger charge is 2.11. The number of carbonyl (C=O) groups excluding carboxylic acids is 1. The Balaban J connectivity index is 1.39. The molecular weight excluding hydrogens is 431 g/mol. The maximum atomic E-state index is 12.9. The monoisotopic (exact) mass is 448 g/mol. The highest BCUT2D eigenvalue weighted by molar-refractivity contribution is 6.31. The average molecular weight is 449 g/mol. The normalized spacial score (nSPS) is 10.9. The van der Waals surface area contributed by atoms with Gasteiger partial charge in [-0.3, -0.25) is 9.89 Å². The van der Waals surface area contributed by atoms with Crippen molar-refractivity contribution in [3.8, 4) is 17.0 Å². The lowest BCUT2D eigenvalue weighted by molar-refractivity contribution is 0.0950. The zero-order chi connectivity index (χ0) is 22.3. The molecule has 8 heteroatoms. The second-order valence-corrected chi connectivity index (χ2v) is 7.23. The molecule has 0 fully saturated rings. The van der Waals surface area contributed by atoms with Crippen molar-refractivity contribution in [2.45, 2.75) is 6.61 Å². The molecule has 0 bridgehead atoms. The number of benzene rings is 3. The van der Waals surface area contributed by atoms with Crippen molar-refractivity contribution in [3.63, 3.8) is 0 Å². The molecule has 0 saturated carbocycles. The molecule has 3 aromatic carbocycles. The summed E-state index contributed by atoms with van der Waals surface area (Å²) >= 11 is 6.17.